The monoisotopic (exact) mass is 386 g/mol. The number of nitrogens with zero attached hydrogens (tertiary/aromatic N) is 2. The van der Waals surface area contributed by atoms with Gasteiger partial charge in [0.1, 0.15) is 5.69 Å². The van der Waals surface area contributed by atoms with Crippen LogP contribution in [0.25, 0.3) is 0 Å². The van der Waals surface area contributed by atoms with E-state index < -0.39 is 6.43 Å². The number of halogens is 4. The van der Waals surface area contributed by atoms with Crippen LogP contribution in [-0.2, 0) is 11.8 Å². The molecule has 0 spiro atoms. The van der Waals surface area contributed by atoms with Gasteiger partial charge in [-0.3, -0.25) is 4.98 Å². The first-order valence-electron chi connectivity index (χ1n) is 3.99. The summed E-state index contributed by atoms with van der Waals surface area (Å²) in [5, 5.41) is 9.08. The van der Waals surface area contributed by atoms with E-state index in [0.29, 0.717) is 14.6 Å². The molecule has 0 saturated carbocycles. The van der Waals surface area contributed by atoms with E-state index in [1.807, 2.05) is 28.7 Å². The Bertz CT molecular complexity index is 404. The summed E-state index contributed by atoms with van der Waals surface area (Å²) in [6.07, 6.45) is -2.54. The van der Waals surface area contributed by atoms with Gasteiger partial charge in [0.25, 0.3) is 6.43 Å². The van der Waals surface area contributed by atoms with Crippen LogP contribution in [0.2, 0.25) is 0 Å². The van der Waals surface area contributed by atoms with Crippen molar-refractivity contribution in [2.45, 2.75) is 18.2 Å². The third-order valence-electron chi connectivity index (χ3n) is 1.78. The Labute approximate surface area is 108 Å². The molecule has 15 heavy (non-hydrogen) atoms. The van der Waals surface area contributed by atoms with Gasteiger partial charge >= 0.3 is 0 Å². The van der Waals surface area contributed by atoms with Crippen molar-refractivity contribution in [3.05, 3.63) is 26.6 Å². The first-order valence-corrected chi connectivity index (χ1v) is 6.19. The second-order valence-corrected chi connectivity index (χ2v) is 4.45. The Morgan fingerprint density at radius 3 is 2.73 bits per heavy atom. The number of alkyl halides is 3. The second kappa shape index (κ2) is 5.70. The maximum absolute atomic E-state index is 12.4. The number of hydrogen-bond donors (Lipinski definition) is 0. The van der Waals surface area contributed by atoms with Crippen molar-refractivity contribution in [1.82, 2.24) is 4.98 Å². The average molecular weight is 387 g/mol. The number of pyridine rings is 1. The maximum atomic E-state index is 12.4. The van der Waals surface area contributed by atoms with Crippen molar-refractivity contribution in [2.75, 3.05) is 0 Å². The lowest BCUT2D eigenvalue weighted by Gasteiger charge is -2.08. The predicted octanol–water partition coefficient (Wildman–Crippen LogP) is 3.58. The Hall–Kier alpha value is -0.290. The third-order valence-corrected chi connectivity index (χ3v) is 3.30. The van der Waals surface area contributed by atoms with E-state index >= 15 is 0 Å². The highest BCUT2D eigenvalue weighted by Crippen LogP contribution is 2.25. The molecule has 0 radical (unpaired) electrons. The van der Waals surface area contributed by atoms with E-state index in [0.717, 1.165) is 5.56 Å². The minimum atomic E-state index is -2.60. The quantitative estimate of drug-likeness (QED) is 0.588. The molecule has 1 heterocycles. The number of hydrogen-bond acceptors (Lipinski definition) is 2. The zero-order chi connectivity index (χ0) is 11.4. The first kappa shape index (κ1) is 12.8. The second-order valence-electron chi connectivity index (χ2n) is 2.72. The minimum absolute atomic E-state index is 0.0531. The highest BCUT2D eigenvalue weighted by Gasteiger charge is 2.15. The smallest absolute Gasteiger partial charge is 0.250 e. The molecule has 0 fully saturated rings. The average Bonchev–Trinajstić information content (AvgIpc) is 2.17. The lowest BCUT2D eigenvalue weighted by molar-refractivity contribution is 0.145. The molecule has 0 aliphatic rings. The van der Waals surface area contributed by atoms with Crippen LogP contribution in [0.1, 0.15) is 23.4 Å². The lowest BCUT2D eigenvalue weighted by atomic mass is 10.1. The van der Waals surface area contributed by atoms with Gasteiger partial charge in [-0.1, -0.05) is 15.9 Å². The van der Waals surface area contributed by atoms with Crippen LogP contribution in [0.15, 0.2) is 6.07 Å². The van der Waals surface area contributed by atoms with E-state index in [9.17, 15) is 8.78 Å². The summed E-state index contributed by atoms with van der Waals surface area (Å²) >= 11 is 5.22. The molecule has 1 aromatic heterocycles. The van der Waals surface area contributed by atoms with E-state index in [4.69, 9.17) is 5.26 Å². The molecule has 0 aliphatic heterocycles. The summed E-state index contributed by atoms with van der Waals surface area (Å²) < 4.78 is 25.6. The van der Waals surface area contributed by atoms with Crippen LogP contribution in [0.4, 0.5) is 8.78 Å². The van der Waals surface area contributed by atoms with Gasteiger partial charge in [-0.15, -0.1) is 0 Å². The largest absolute Gasteiger partial charge is 0.280 e. The summed E-state index contributed by atoms with van der Waals surface area (Å²) in [7, 11) is 0. The van der Waals surface area contributed by atoms with Crippen LogP contribution in [0, 0.1) is 14.9 Å². The predicted molar refractivity (Wildman–Crippen MR) is 63.9 cm³/mol. The molecule has 0 bridgehead atoms. The highest BCUT2D eigenvalue weighted by atomic mass is 127. The molecular weight excluding hydrogens is 381 g/mol. The van der Waals surface area contributed by atoms with Crippen LogP contribution >= 0.6 is 38.5 Å². The molecule has 0 aromatic carbocycles. The fourth-order valence-corrected chi connectivity index (χ4v) is 3.06. The summed E-state index contributed by atoms with van der Waals surface area (Å²) in [5.41, 5.74) is 0.965. The fourth-order valence-electron chi connectivity index (χ4n) is 1.08. The molecule has 6 heteroatoms. The van der Waals surface area contributed by atoms with Gasteiger partial charge in [-0.25, -0.2) is 8.78 Å². The van der Waals surface area contributed by atoms with Gasteiger partial charge in [0.2, 0.25) is 0 Å². The van der Waals surface area contributed by atoms with E-state index in [1.165, 1.54) is 6.07 Å². The van der Waals surface area contributed by atoms with Gasteiger partial charge in [-0.05, 0) is 34.2 Å². The molecule has 2 nitrogen and oxygen atoms in total. The maximum Gasteiger partial charge on any atom is 0.280 e. The molecule has 80 valence electrons. The summed E-state index contributed by atoms with van der Waals surface area (Å²) in [6.45, 7) is 0. The van der Waals surface area contributed by atoms with Gasteiger partial charge in [-0.2, -0.15) is 5.26 Å². The fraction of sp³-hybridized carbons (Fsp3) is 0.333. The normalized spacial score (nSPS) is 10.4. The minimum Gasteiger partial charge on any atom is -0.250 e. The molecule has 0 atom stereocenters. The molecule has 0 unspecified atom stereocenters. The zero-order valence-electron chi connectivity index (χ0n) is 7.48. The van der Waals surface area contributed by atoms with Gasteiger partial charge in [0, 0.05) is 8.90 Å². The van der Waals surface area contributed by atoms with Crippen molar-refractivity contribution in [2.24, 2.45) is 0 Å². The Balaban J connectivity index is 3.26. The number of aromatic nitrogens is 1. The molecule has 1 rings (SSSR count). The van der Waals surface area contributed by atoms with Crippen molar-refractivity contribution in [3.63, 3.8) is 0 Å². The lowest BCUT2D eigenvalue weighted by Crippen LogP contribution is -2.03. The van der Waals surface area contributed by atoms with Crippen molar-refractivity contribution in [1.29, 1.82) is 5.26 Å². The van der Waals surface area contributed by atoms with E-state index in [2.05, 4.69) is 20.9 Å². The SMILES string of the molecule is N#CCc1nc(C(F)F)cc(I)c1CBr. The van der Waals surface area contributed by atoms with Gasteiger partial charge < -0.3 is 0 Å². The van der Waals surface area contributed by atoms with Gasteiger partial charge in [0.15, 0.2) is 0 Å². The Kier molecular flexibility index (Phi) is 4.86. The third kappa shape index (κ3) is 3.08. The zero-order valence-corrected chi connectivity index (χ0v) is 11.2. The summed E-state index contributed by atoms with van der Waals surface area (Å²) in [4.78, 5) is 3.79. The Morgan fingerprint density at radius 2 is 2.27 bits per heavy atom. The highest BCUT2D eigenvalue weighted by molar-refractivity contribution is 14.1. The van der Waals surface area contributed by atoms with Crippen LogP contribution in [0.5, 0.6) is 0 Å². The van der Waals surface area contributed by atoms with E-state index in [-0.39, 0.29) is 12.1 Å². The standard InChI is InChI=1S/C9H6BrF2IN2/c10-4-5-6(13)3-8(9(11)12)15-7(5)1-2-14/h3,9H,1,4H2. The van der Waals surface area contributed by atoms with Crippen molar-refractivity contribution < 1.29 is 8.78 Å². The molecular formula is C9H6BrF2IN2. The number of rotatable bonds is 3. The topological polar surface area (TPSA) is 36.7 Å². The molecule has 0 N–H and O–H groups in total. The molecule has 0 amide bonds. The van der Waals surface area contributed by atoms with Crippen LogP contribution < -0.4 is 0 Å². The van der Waals surface area contributed by atoms with E-state index in [1.54, 1.807) is 0 Å². The summed E-state index contributed by atoms with van der Waals surface area (Å²) in [5.74, 6) is 0. The molecule has 0 saturated heterocycles. The number of nitriles is 1. The van der Waals surface area contributed by atoms with Gasteiger partial charge in [0.05, 0.1) is 18.2 Å². The van der Waals surface area contributed by atoms with Crippen LogP contribution in [0.3, 0.4) is 0 Å². The summed E-state index contributed by atoms with van der Waals surface area (Å²) in [6, 6.07) is 3.27. The Morgan fingerprint density at radius 1 is 1.60 bits per heavy atom. The van der Waals surface area contributed by atoms with Crippen molar-refractivity contribution in [3.8, 4) is 6.07 Å². The van der Waals surface area contributed by atoms with Crippen LogP contribution in [-0.4, -0.2) is 4.98 Å². The molecule has 0 aliphatic carbocycles. The molecule has 1 aromatic rings. The van der Waals surface area contributed by atoms with Crippen molar-refractivity contribution >= 4 is 38.5 Å². The first-order chi connectivity index (χ1) is 7.10.